The Kier molecular flexibility index (Phi) is 11.2. The number of pyridine rings is 1. The van der Waals surface area contributed by atoms with Gasteiger partial charge in [0.25, 0.3) is 11.8 Å². The third kappa shape index (κ3) is 8.14. The van der Waals surface area contributed by atoms with Crippen LogP contribution in [0.3, 0.4) is 0 Å². The normalized spacial score (nSPS) is 20.9. The molecule has 2 fully saturated rings. The highest BCUT2D eigenvalue weighted by molar-refractivity contribution is 7.18. The Labute approximate surface area is 328 Å². The molecule has 4 N–H and O–H groups in total. The zero-order chi connectivity index (χ0) is 40.6. The van der Waals surface area contributed by atoms with E-state index in [1.54, 1.807) is 42.3 Å². The largest absolute Gasteiger partial charge is 0.494 e. The number of benzene rings is 2. The molecule has 300 valence electrons. The molecule has 1 saturated heterocycles. The highest BCUT2D eigenvalue weighted by atomic mass is 32.1. The first-order valence-corrected chi connectivity index (χ1v) is 19.4. The lowest BCUT2D eigenvalue weighted by molar-refractivity contribution is -0.141. The maximum atomic E-state index is 13.4. The molecular formula is C39H40F3N7O7S. The molecule has 2 aliphatic heterocycles. The zero-order valence-corrected chi connectivity index (χ0v) is 31.8. The van der Waals surface area contributed by atoms with Crippen LogP contribution in [0.5, 0.6) is 5.75 Å². The minimum absolute atomic E-state index is 0.0552. The summed E-state index contributed by atoms with van der Waals surface area (Å²) in [5.74, 6) is -1.99. The average molecular weight is 808 g/mol. The molecule has 57 heavy (non-hydrogen) atoms. The molecule has 14 nitrogen and oxygen atoms in total. The smallest absolute Gasteiger partial charge is 0.433 e. The number of thiazole rings is 1. The molecule has 7 rings (SSSR count). The van der Waals surface area contributed by atoms with Crippen molar-refractivity contribution < 1.29 is 47.0 Å². The third-order valence-electron chi connectivity index (χ3n) is 10.7. The van der Waals surface area contributed by atoms with E-state index in [4.69, 9.17) is 9.72 Å². The summed E-state index contributed by atoms with van der Waals surface area (Å²) in [6.45, 7) is 0.934. The standard InChI is InChI=1S/C39H40F3N7O7S/c1-48(17-5-16-43-23-7-3-6-22-32(23)38(55)49(37(22)54)27-14-15-31(50)47-34(27)52)36(53)21-12-10-20(11-13-21)35-46-26-18-28(56-2)25(19-29(26)57-35)45-33(51)24-8-4-9-30(44-24)39(40,41)42/h3-4,6-9,18-21,27,38,43,55H,5,10-17H2,1-2H3,(H,45,51)(H,47,50,52)/t20-,21-,27?,38?. The molecule has 3 aliphatic rings. The van der Waals surface area contributed by atoms with Crippen LogP contribution in [0.2, 0.25) is 0 Å². The predicted octanol–water partition coefficient (Wildman–Crippen LogP) is 5.46. The molecule has 2 atom stereocenters. The van der Waals surface area contributed by atoms with Crippen molar-refractivity contribution in [3.63, 3.8) is 0 Å². The summed E-state index contributed by atoms with van der Waals surface area (Å²) < 4.78 is 45.7. The van der Waals surface area contributed by atoms with Crippen molar-refractivity contribution in [3.05, 3.63) is 76.1 Å². The van der Waals surface area contributed by atoms with Crippen LogP contribution in [0.1, 0.15) is 94.2 Å². The van der Waals surface area contributed by atoms with Gasteiger partial charge in [0.2, 0.25) is 17.7 Å². The summed E-state index contributed by atoms with van der Waals surface area (Å²) in [6, 6.07) is 10.6. The lowest BCUT2D eigenvalue weighted by Crippen LogP contribution is -2.53. The molecule has 2 unspecified atom stereocenters. The molecule has 4 heterocycles. The molecule has 18 heteroatoms. The van der Waals surface area contributed by atoms with E-state index in [0.29, 0.717) is 54.9 Å². The summed E-state index contributed by atoms with van der Waals surface area (Å²) in [6.07, 6.45) is -2.37. The fourth-order valence-electron chi connectivity index (χ4n) is 7.70. The quantitative estimate of drug-likeness (QED) is 0.112. The molecular weight excluding hydrogens is 768 g/mol. The summed E-state index contributed by atoms with van der Waals surface area (Å²) >= 11 is 1.46. The first kappa shape index (κ1) is 39.6. The molecule has 2 aromatic carbocycles. The zero-order valence-electron chi connectivity index (χ0n) is 31.0. The number of carbonyl (C=O) groups is 5. The van der Waals surface area contributed by atoms with E-state index in [1.165, 1.54) is 24.5 Å². The second-order valence-electron chi connectivity index (χ2n) is 14.3. The molecule has 0 spiro atoms. The minimum Gasteiger partial charge on any atom is -0.494 e. The van der Waals surface area contributed by atoms with Crippen molar-refractivity contribution in [3.8, 4) is 5.75 Å². The van der Waals surface area contributed by atoms with E-state index >= 15 is 0 Å². The number of aliphatic hydroxyl groups excluding tert-OH is 1. The number of rotatable bonds is 11. The Hall–Kier alpha value is -5.62. The van der Waals surface area contributed by atoms with Crippen LogP contribution < -0.4 is 20.7 Å². The monoisotopic (exact) mass is 807 g/mol. The summed E-state index contributed by atoms with van der Waals surface area (Å²) in [5, 5.41) is 20.2. The highest BCUT2D eigenvalue weighted by Gasteiger charge is 2.45. The molecule has 1 aliphatic carbocycles. The Morgan fingerprint density at radius 1 is 1.04 bits per heavy atom. The first-order valence-electron chi connectivity index (χ1n) is 18.5. The van der Waals surface area contributed by atoms with E-state index in [9.17, 15) is 42.3 Å². The number of halogens is 3. The number of ether oxygens (including phenoxy) is 1. The third-order valence-corrected chi connectivity index (χ3v) is 11.9. The number of alkyl halides is 3. The van der Waals surface area contributed by atoms with Crippen LogP contribution in [-0.4, -0.2) is 87.7 Å². The summed E-state index contributed by atoms with van der Waals surface area (Å²) in [7, 11) is 3.19. The molecule has 4 aromatic rings. The first-order chi connectivity index (χ1) is 27.2. The number of carbonyl (C=O) groups excluding carboxylic acids is 5. The van der Waals surface area contributed by atoms with Gasteiger partial charge in [-0.3, -0.25) is 34.2 Å². The lowest BCUT2D eigenvalue weighted by Gasteiger charge is -2.32. The van der Waals surface area contributed by atoms with Gasteiger partial charge in [-0.2, -0.15) is 13.2 Å². The number of nitrogens with one attached hydrogen (secondary N) is 3. The van der Waals surface area contributed by atoms with E-state index in [-0.39, 0.29) is 47.5 Å². The van der Waals surface area contributed by atoms with Crippen LogP contribution in [0.4, 0.5) is 24.5 Å². The molecule has 5 amide bonds. The van der Waals surface area contributed by atoms with Gasteiger partial charge in [0.05, 0.1) is 28.0 Å². The number of piperidine rings is 1. The van der Waals surface area contributed by atoms with Gasteiger partial charge in [-0.25, -0.2) is 9.97 Å². The average Bonchev–Trinajstić information content (AvgIpc) is 3.73. The SMILES string of the molecule is COc1cc2nc([C@H]3CC[C@H](C(=O)N(C)CCCNc4cccc5c4C(O)N(C4CCC(=O)NC4=O)C5=O)CC3)sc2cc1NC(=O)c1cccc(C(F)(F)F)n1. The van der Waals surface area contributed by atoms with Gasteiger partial charge in [-0.1, -0.05) is 12.1 Å². The number of aromatic nitrogens is 2. The highest BCUT2D eigenvalue weighted by Crippen LogP contribution is 2.42. The van der Waals surface area contributed by atoms with Gasteiger partial charge in [0.15, 0.2) is 6.23 Å². The number of amides is 5. The number of methoxy groups -OCH3 is 1. The van der Waals surface area contributed by atoms with E-state index in [1.807, 2.05) is 0 Å². The number of anilines is 2. The van der Waals surface area contributed by atoms with Crippen molar-refractivity contribution in [1.82, 2.24) is 25.1 Å². The van der Waals surface area contributed by atoms with Crippen LogP contribution in [0.25, 0.3) is 10.2 Å². The van der Waals surface area contributed by atoms with E-state index in [0.717, 1.165) is 39.6 Å². The van der Waals surface area contributed by atoms with Crippen molar-refractivity contribution >= 4 is 62.5 Å². The van der Waals surface area contributed by atoms with Gasteiger partial charge in [-0.15, -0.1) is 11.3 Å². The van der Waals surface area contributed by atoms with Gasteiger partial charge >= 0.3 is 6.18 Å². The Bertz CT molecular complexity index is 2240. The minimum atomic E-state index is -4.69. The van der Waals surface area contributed by atoms with Crippen molar-refractivity contribution in [2.45, 2.75) is 69.3 Å². The van der Waals surface area contributed by atoms with Gasteiger partial charge in [0.1, 0.15) is 23.2 Å². The molecule has 1 saturated carbocycles. The van der Waals surface area contributed by atoms with E-state index < -0.39 is 47.8 Å². The number of imide groups is 1. The predicted molar refractivity (Wildman–Crippen MR) is 203 cm³/mol. The summed E-state index contributed by atoms with van der Waals surface area (Å²) in [4.78, 5) is 74.7. The van der Waals surface area contributed by atoms with Crippen molar-refractivity contribution in [1.29, 1.82) is 0 Å². The van der Waals surface area contributed by atoms with Crippen LogP contribution in [0, 0.1) is 5.92 Å². The fourth-order valence-corrected chi connectivity index (χ4v) is 8.86. The Balaban J connectivity index is 0.907. The maximum absolute atomic E-state index is 13.4. The molecule has 0 radical (unpaired) electrons. The lowest BCUT2D eigenvalue weighted by atomic mass is 9.81. The number of aliphatic hydroxyl groups is 1. The van der Waals surface area contributed by atoms with Crippen LogP contribution in [-0.2, 0) is 20.6 Å². The summed E-state index contributed by atoms with van der Waals surface area (Å²) in [5.41, 5.74) is 0.584. The van der Waals surface area contributed by atoms with Gasteiger partial charge in [0, 0.05) is 61.3 Å². The molecule has 0 bridgehead atoms. The Morgan fingerprint density at radius 3 is 2.51 bits per heavy atom. The second kappa shape index (κ2) is 16.1. The topological polar surface area (TPSA) is 183 Å². The number of hydrogen-bond acceptors (Lipinski definition) is 11. The van der Waals surface area contributed by atoms with Crippen LogP contribution >= 0.6 is 11.3 Å². The number of hydrogen-bond donors (Lipinski definition) is 4. The number of fused-ring (bicyclic) bond motifs is 2. The van der Waals surface area contributed by atoms with Gasteiger partial charge in [-0.05, 0) is 68.9 Å². The maximum Gasteiger partial charge on any atom is 0.433 e. The van der Waals surface area contributed by atoms with Gasteiger partial charge < -0.3 is 25.4 Å². The van der Waals surface area contributed by atoms with E-state index in [2.05, 4.69) is 20.9 Å². The van der Waals surface area contributed by atoms with Crippen molar-refractivity contribution in [2.75, 3.05) is 37.9 Å². The molecule has 2 aromatic heterocycles. The van der Waals surface area contributed by atoms with Crippen LogP contribution in [0.15, 0.2) is 48.5 Å². The Morgan fingerprint density at radius 2 is 1.79 bits per heavy atom. The number of nitrogens with zero attached hydrogens (tertiary/aromatic N) is 4. The fraction of sp³-hybridized carbons (Fsp3) is 0.410. The second-order valence-corrected chi connectivity index (χ2v) is 15.4. The van der Waals surface area contributed by atoms with Crippen molar-refractivity contribution in [2.24, 2.45) is 5.92 Å².